The zero-order chi connectivity index (χ0) is 10.6. The van der Waals surface area contributed by atoms with Crippen molar-refractivity contribution in [2.75, 3.05) is 6.61 Å². The fraction of sp³-hybridized carbons (Fsp3) is 0.833. The lowest BCUT2D eigenvalue weighted by atomic mass is 10.1. The van der Waals surface area contributed by atoms with Gasteiger partial charge in [0.2, 0.25) is 5.78 Å². The molecule has 0 aliphatic carbocycles. The Hall–Kier alpha value is -0.630. The second-order valence-electron chi connectivity index (χ2n) is 2.39. The van der Waals surface area contributed by atoms with E-state index in [0.717, 1.165) is 0 Å². The van der Waals surface area contributed by atoms with Gasteiger partial charge in [0.15, 0.2) is 0 Å². The molecule has 0 heterocycles. The van der Waals surface area contributed by atoms with Crippen LogP contribution in [0.15, 0.2) is 0 Å². The molecule has 4 N–H and O–H groups in total. The van der Waals surface area contributed by atoms with Crippen molar-refractivity contribution in [3.8, 4) is 0 Å². The molecule has 7 heteroatoms. The molecular weight excluding hydrogens is 190 g/mol. The molecule has 78 valence electrons. The van der Waals surface area contributed by atoms with Crippen LogP contribution >= 0.6 is 0 Å². The molecule has 13 heavy (non-hydrogen) atoms. The number of hydrogen-bond donors (Lipinski definition) is 4. The van der Waals surface area contributed by atoms with E-state index in [1.165, 1.54) is 0 Å². The summed E-state index contributed by atoms with van der Waals surface area (Å²) in [6, 6.07) is 0. The second-order valence-corrected chi connectivity index (χ2v) is 2.39. The van der Waals surface area contributed by atoms with Crippen LogP contribution in [0.3, 0.4) is 0 Å². The number of carbonyl (C=O) groups excluding carboxylic acids is 1. The summed E-state index contributed by atoms with van der Waals surface area (Å²) in [5, 5.41) is 34.4. The monoisotopic (exact) mass is 200 g/mol. The van der Waals surface area contributed by atoms with Gasteiger partial charge in [-0.15, -0.1) is 0 Å². The van der Waals surface area contributed by atoms with Crippen molar-refractivity contribution < 1.29 is 34.0 Å². The first kappa shape index (κ1) is 12.4. The summed E-state index contributed by atoms with van der Waals surface area (Å²) in [4.78, 5) is 10.4. The van der Waals surface area contributed by atoms with Gasteiger partial charge in [-0.05, 0) is 0 Å². The molecule has 0 rings (SSSR count). The van der Waals surface area contributed by atoms with Gasteiger partial charge in [0.05, 0.1) is 6.61 Å². The highest BCUT2D eigenvalue weighted by Crippen LogP contribution is 2.06. The fourth-order valence-corrected chi connectivity index (χ4v) is 0.616. The fourth-order valence-electron chi connectivity index (χ4n) is 0.616. The van der Waals surface area contributed by atoms with Gasteiger partial charge in [-0.25, -0.2) is 8.78 Å². The van der Waals surface area contributed by atoms with E-state index in [1.807, 2.05) is 0 Å². The first-order chi connectivity index (χ1) is 5.91. The predicted octanol–water partition coefficient (Wildman–Crippen LogP) is -2.10. The van der Waals surface area contributed by atoms with Gasteiger partial charge in [0.1, 0.15) is 18.3 Å². The molecule has 0 aromatic carbocycles. The third-order valence-electron chi connectivity index (χ3n) is 1.41. The summed E-state index contributed by atoms with van der Waals surface area (Å²) in [5.74, 6) is -1.89. The lowest BCUT2D eigenvalue weighted by Crippen LogP contribution is -2.45. The van der Waals surface area contributed by atoms with E-state index in [9.17, 15) is 13.6 Å². The van der Waals surface area contributed by atoms with E-state index in [1.54, 1.807) is 0 Å². The van der Waals surface area contributed by atoms with Crippen molar-refractivity contribution in [2.24, 2.45) is 0 Å². The number of aliphatic hydroxyl groups is 4. The molecule has 0 bridgehead atoms. The van der Waals surface area contributed by atoms with E-state index in [2.05, 4.69) is 0 Å². The van der Waals surface area contributed by atoms with E-state index in [0.29, 0.717) is 0 Å². The summed E-state index contributed by atoms with van der Waals surface area (Å²) in [6.07, 6.45) is -9.73. The Morgan fingerprint density at radius 2 is 1.69 bits per heavy atom. The normalized spacial score (nSPS) is 18.4. The lowest BCUT2D eigenvalue weighted by molar-refractivity contribution is -0.150. The molecule has 0 aromatic rings. The number of hydrogen-bond acceptors (Lipinski definition) is 5. The molecule has 0 aromatic heterocycles. The molecule has 0 fully saturated rings. The van der Waals surface area contributed by atoms with Crippen LogP contribution in [0.2, 0.25) is 0 Å². The Bertz CT molecular complexity index is 174. The summed E-state index contributed by atoms with van der Waals surface area (Å²) in [5.41, 5.74) is 0. The highest BCUT2D eigenvalue weighted by atomic mass is 19.3. The van der Waals surface area contributed by atoms with Crippen molar-refractivity contribution in [2.45, 2.75) is 24.7 Å². The second kappa shape index (κ2) is 5.18. The molecule has 0 amide bonds. The van der Waals surface area contributed by atoms with Gasteiger partial charge < -0.3 is 20.4 Å². The number of ketones is 1. The third-order valence-corrected chi connectivity index (χ3v) is 1.41. The van der Waals surface area contributed by atoms with E-state index < -0.39 is 37.1 Å². The maximum absolute atomic E-state index is 11.6. The van der Waals surface area contributed by atoms with Crippen LogP contribution in [0, 0.1) is 0 Å². The van der Waals surface area contributed by atoms with Crippen molar-refractivity contribution in [3.05, 3.63) is 0 Å². The third kappa shape index (κ3) is 3.31. The summed E-state index contributed by atoms with van der Waals surface area (Å²) in [6.45, 7) is -0.936. The minimum Gasteiger partial charge on any atom is -0.394 e. The molecule has 0 aliphatic rings. The predicted molar refractivity (Wildman–Crippen MR) is 36.1 cm³/mol. The van der Waals surface area contributed by atoms with Gasteiger partial charge >= 0.3 is 0 Å². The molecule has 0 radical (unpaired) electrons. The van der Waals surface area contributed by atoms with Crippen molar-refractivity contribution in [1.29, 1.82) is 0 Å². The molecular formula is C6H10F2O5. The van der Waals surface area contributed by atoms with Crippen molar-refractivity contribution in [3.63, 3.8) is 0 Å². The number of rotatable bonds is 5. The van der Waals surface area contributed by atoms with Crippen molar-refractivity contribution in [1.82, 2.24) is 0 Å². The smallest absolute Gasteiger partial charge is 0.298 e. The zero-order valence-corrected chi connectivity index (χ0v) is 6.47. The Morgan fingerprint density at radius 1 is 1.23 bits per heavy atom. The molecule has 0 saturated heterocycles. The number of aliphatic hydroxyl groups excluding tert-OH is 4. The van der Waals surface area contributed by atoms with Crippen LogP contribution < -0.4 is 0 Å². The summed E-state index contributed by atoms with van der Waals surface area (Å²) >= 11 is 0. The van der Waals surface area contributed by atoms with E-state index >= 15 is 0 Å². The Kier molecular flexibility index (Phi) is 4.92. The van der Waals surface area contributed by atoms with Gasteiger partial charge in [-0.3, -0.25) is 4.79 Å². The lowest BCUT2D eigenvalue weighted by Gasteiger charge is -2.19. The SMILES string of the molecule is O=C(C(F)F)[C@@H](O)[C@H](O)[C@H](O)CO. The minimum atomic E-state index is -3.42. The van der Waals surface area contributed by atoms with Crippen LogP contribution in [-0.4, -0.2) is 57.6 Å². The molecule has 0 saturated carbocycles. The van der Waals surface area contributed by atoms with E-state index in [4.69, 9.17) is 20.4 Å². The zero-order valence-electron chi connectivity index (χ0n) is 6.47. The Labute approximate surface area is 72.2 Å². The maximum atomic E-state index is 11.6. The van der Waals surface area contributed by atoms with Gasteiger partial charge in [0.25, 0.3) is 6.43 Å². The van der Waals surface area contributed by atoms with Gasteiger partial charge in [-0.2, -0.15) is 0 Å². The average Bonchev–Trinajstić information content (AvgIpc) is 2.12. The van der Waals surface area contributed by atoms with Gasteiger partial charge in [0, 0.05) is 0 Å². The number of carbonyl (C=O) groups is 1. The standard InChI is InChI=1S/C6H10F2O5/c7-6(8)5(13)4(12)3(11)2(10)1-9/h2-4,6,9-12H,1H2/t2-,3-,4+/m1/s1. The first-order valence-corrected chi connectivity index (χ1v) is 3.38. The topological polar surface area (TPSA) is 98.0 Å². The number of Topliss-reactive ketones (excluding diaryl/α,β-unsaturated/α-hetero) is 1. The number of halogens is 2. The molecule has 5 nitrogen and oxygen atoms in total. The highest BCUT2D eigenvalue weighted by molar-refractivity contribution is 5.86. The molecule has 0 aliphatic heterocycles. The molecule has 0 spiro atoms. The van der Waals surface area contributed by atoms with Crippen LogP contribution in [-0.2, 0) is 4.79 Å². The maximum Gasteiger partial charge on any atom is 0.298 e. The van der Waals surface area contributed by atoms with Crippen LogP contribution in [0.4, 0.5) is 8.78 Å². The van der Waals surface area contributed by atoms with Crippen molar-refractivity contribution >= 4 is 5.78 Å². The Balaban J connectivity index is 4.24. The molecule has 3 atom stereocenters. The number of alkyl halides is 2. The van der Waals surface area contributed by atoms with Gasteiger partial charge in [-0.1, -0.05) is 0 Å². The van der Waals surface area contributed by atoms with Crippen LogP contribution in [0.25, 0.3) is 0 Å². The Morgan fingerprint density at radius 3 is 2.00 bits per heavy atom. The largest absolute Gasteiger partial charge is 0.394 e. The average molecular weight is 200 g/mol. The first-order valence-electron chi connectivity index (χ1n) is 3.38. The minimum absolute atomic E-state index is 0.936. The quantitative estimate of drug-likeness (QED) is 0.407. The van der Waals surface area contributed by atoms with E-state index in [-0.39, 0.29) is 0 Å². The van der Waals surface area contributed by atoms with Crippen LogP contribution in [0.5, 0.6) is 0 Å². The summed E-state index contributed by atoms with van der Waals surface area (Å²) < 4.78 is 23.3. The summed E-state index contributed by atoms with van der Waals surface area (Å²) in [7, 11) is 0. The van der Waals surface area contributed by atoms with Crippen LogP contribution in [0.1, 0.15) is 0 Å². The highest BCUT2D eigenvalue weighted by Gasteiger charge is 2.34. The molecule has 0 unspecified atom stereocenters.